The lowest BCUT2D eigenvalue weighted by molar-refractivity contribution is 0.102. The molecular weight excluding hydrogens is 536 g/mol. The van der Waals surface area contributed by atoms with Crippen molar-refractivity contribution in [2.24, 2.45) is 0 Å². The number of halogens is 2. The number of aryl methyl sites for hydroxylation is 1. The van der Waals surface area contributed by atoms with E-state index in [1.165, 1.54) is 18.2 Å². The molecule has 0 heterocycles. The minimum Gasteiger partial charge on any atom is -0.322 e. The van der Waals surface area contributed by atoms with Gasteiger partial charge in [0.15, 0.2) is 0 Å². The summed E-state index contributed by atoms with van der Waals surface area (Å²) in [4.78, 5) is 12.6. The smallest absolute Gasteiger partial charge is 0.261 e. The highest BCUT2D eigenvalue weighted by molar-refractivity contribution is 7.93. The van der Waals surface area contributed by atoms with Crippen LogP contribution in [0.2, 0.25) is 0 Å². The molecule has 0 bridgehead atoms. The van der Waals surface area contributed by atoms with Gasteiger partial charge in [-0.15, -0.1) is 0 Å². The van der Waals surface area contributed by atoms with E-state index in [2.05, 4.69) is 14.8 Å². The lowest BCUT2D eigenvalue weighted by Gasteiger charge is -2.15. The molecule has 38 heavy (non-hydrogen) atoms. The molecule has 0 aromatic heterocycles. The first-order valence-electron chi connectivity index (χ1n) is 11.0. The van der Waals surface area contributed by atoms with Gasteiger partial charge in [-0.2, -0.15) is 0 Å². The van der Waals surface area contributed by atoms with E-state index in [1.54, 1.807) is 31.2 Å². The second kappa shape index (κ2) is 10.6. The SMILES string of the molecule is Cc1ccccc1NC(=O)c1cc(NS(=O)(=O)c2ccc(F)cc2)cc(NS(=O)(=O)c2ccc(F)cc2)c1. The van der Waals surface area contributed by atoms with E-state index in [4.69, 9.17) is 0 Å². The van der Waals surface area contributed by atoms with Crippen LogP contribution in [0.25, 0.3) is 0 Å². The predicted molar refractivity (Wildman–Crippen MR) is 140 cm³/mol. The Bertz CT molecular complexity index is 1610. The Hall–Kier alpha value is -4.29. The van der Waals surface area contributed by atoms with Gasteiger partial charge in [-0.05, 0) is 85.3 Å². The highest BCUT2D eigenvalue weighted by Crippen LogP contribution is 2.26. The van der Waals surface area contributed by atoms with Crippen molar-refractivity contribution in [2.45, 2.75) is 16.7 Å². The summed E-state index contributed by atoms with van der Waals surface area (Å²) in [5, 5.41) is 2.71. The first kappa shape index (κ1) is 26.8. The second-order valence-electron chi connectivity index (χ2n) is 8.19. The van der Waals surface area contributed by atoms with Crippen molar-refractivity contribution in [2.75, 3.05) is 14.8 Å². The Morgan fingerprint density at radius 2 is 1.11 bits per heavy atom. The number of carbonyl (C=O) groups excluding carboxylic acids is 1. The van der Waals surface area contributed by atoms with E-state index in [0.29, 0.717) is 5.69 Å². The number of para-hydroxylation sites is 1. The first-order valence-corrected chi connectivity index (χ1v) is 14.0. The van der Waals surface area contributed by atoms with Crippen LogP contribution in [-0.4, -0.2) is 22.7 Å². The lowest BCUT2D eigenvalue weighted by Crippen LogP contribution is -2.18. The molecule has 8 nitrogen and oxygen atoms in total. The summed E-state index contributed by atoms with van der Waals surface area (Å²) in [5.74, 6) is -1.89. The van der Waals surface area contributed by atoms with Crippen molar-refractivity contribution in [3.63, 3.8) is 0 Å². The Morgan fingerprint density at radius 3 is 1.55 bits per heavy atom. The van der Waals surface area contributed by atoms with Crippen molar-refractivity contribution in [3.05, 3.63) is 114 Å². The fraction of sp³-hybridized carbons (Fsp3) is 0.0385. The zero-order chi connectivity index (χ0) is 27.5. The Balaban J connectivity index is 1.72. The largest absolute Gasteiger partial charge is 0.322 e. The molecule has 0 aliphatic carbocycles. The highest BCUT2D eigenvalue weighted by atomic mass is 32.2. The third-order valence-corrected chi connectivity index (χ3v) is 8.14. The van der Waals surface area contributed by atoms with E-state index in [9.17, 15) is 30.4 Å². The molecule has 0 fully saturated rings. The summed E-state index contributed by atoms with van der Waals surface area (Å²) in [6, 6.07) is 18.7. The molecule has 4 aromatic rings. The molecule has 0 saturated heterocycles. The molecule has 4 rings (SSSR count). The van der Waals surface area contributed by atoms with Crippen LogP contribution in [0.1, 0.15) is 15.9 Å². The number of anilines is 3. The predicted octanol–water partition coefficient (Wildman–Crippen LogP) is 5.13. The Morgan fingerprint density at radius 1 is 0.658 bits per heavy atom. The van der Waals surface area contributed by atoms with Gasteiger partial charge in [-0.1, -0.05) is 18.2 Å². The van der Waals surface area contributed by atoms with Crippen molar-refractivity contribution >= 4 is 43.0 Å². The molecule has 4 aromatic carbocycles. The molecule has 196 valence electrons. The van der Waals surface area contributed by atoms with E-state index in [-0.39, 0.29) is 26.7 Å². The van der Waals surface area contributed by atoms with Crippen LogP contribution < -0.4 is 14.8 Å². The summed E-state index contributed by atoms with van der Waals surface area (Å²) in [5.41, 5.74) is 0.936. The van der Waals surface area contributed by atoms with Crippen LogP contribution in [-0.2, 0) is 20.0 Å². The maximum Gasteiger partial charge on any atom is 0.261 e. The lowest BCUT2D eigenvalue weighted by atomic mass is 10.1. The van der Waals surface area contributed by atoms with E-state index >= 15 is 0 Å². The van der Waals surface area contributed by atoms with Crippen molar-refractivity contribution in [3.8, 4) is 0 Å². The summed E-state index contributed by atoms with van der Waals surface area (Å²) >= 11 is 0. The van der Waals surface area contributed by atoms with E-state index in [1.807, 2.05) is 0 Å². The molecule has 0 radical (unpaired) electrons. The first-order chi connectivity index (χ1) is 17.9. The number of amides is 1. The Labute approximate surface area is 218 Å². The van der Waals surface area contributed by atoms with Crippen molar-refractivity contribution < 1.29 is 30.4 Å². The standard InChI is InChI=1S/C26H21F2N3O5S2/c1-17-4-2-3-5-25(17)29-26(32)18-14-21(30-37(33,34)23-10-6-19(27)7-11-23)16-22(15-18)31-38(35,36)24-12-8-20(28)9-13-24/h2-16,30-31H,1H3,(H,29,32). The third-order valence-electron chi connectivity index (χ3n) is 5.34. The van der Waals surface area contributed by atoms with Gasteiger partial charge in [0.25, 0.3) is 26.0 Å². The zero-order valence-electron chi connectivity index (χ0n) is 19.8. The van der Waals surface area contributed by atoms with Crippen LogP contribution in [0.5, 0.6) is 0 Å². The van der Waals surface area contributed by atoms with Gasteiger partial charge in [0, 0.05) is 11.3 Å². The van der Waals surface area contributed by atoms with Gasteiger partial charge < -0.3 is 5.32 Å². The highest BCUT2D eigenvalue weighted by Gasteiger charge is 2.20. The number of hydrogen-bond acceptors (Lipinski definition) is 5. The van der Waals surface area contributed by atoms with Gasteiger partial charge in [0.1, 0.15) is 11.6 Å². The van der Waals surface area contributed by atoms with Gasteiger partial charge >= 0.3 is 0 Å². The third kappa shape index (κ3) is 6.33. The van der Waals surface area contributed by atoms with Crippen LogP contribution in [0.4, 0.5) is 25.8 Å². The molecule has 0 aliphatic rings. The van der Waals surface area contributed by atoms with Crippen molar-refractivity contribution in [1.82, 2.24) is 0 Å². The number of benzene rings is 4. The summed E-state index contributed by atoms with van der Waals surface area (Å²) in [7, 11) is -8.45. The maximum atomic E-state index is 13.3. The fourth-order valence-electron chi connectivity index (χ4n) is 3.44. The normalized spacial score (nSPS) is 11.6. The second-order valence-corrected chi connectivity index (χ2v) is 11.6. The van der Waals surface area contributed by atoms with Gasteiger partial charge in [-0.3, -0.25) is 14.2 Å². The number of nitrogens with one attached hydrogen (secondary N) is 3. The average molecular weight is 558 g/mol. The molecular formula is C26H21F2N3O5S2. The maximum absolute atomic E-state index is 13.3. The van der Waals surface area contributed by atoms with Gasteiger partial charge in [0.05, 0.1) is 21.2 Å². The van der Waals surface area contributed by atoms with Crippen LogP contribution in [0, 0.1) is 18.6 Å². The van der Waals surface area contributed by atoms with E-state index < -0.39 is 37.6 Å². The molecule has 1 amide bonds. The van der Waals surface area contributed by atoms with Gasteiger partial charge in [-0.25, -0.2) is 25.6 Å². The summed E-state index contributed by atoms with van der Waals surface area (Å²) in [6.45, 7) is 1.78. The number of hydrogen-bond donors (Lipinski definition) is 3. The number of rotatable bonds is 8. The Kier molecular flexibility index (Phi) is 7.46. The molecule has 0 aliphatic heterocycles. The van der Waals surface area contributed by atoms with Crippen LogP contribution in [0.3, 0.4) is 0 Å². The van der Waals surface area contributed by atoms with Crippen LogP contribution >= 0.6 is 0 Å². The molecule has 0 spiro atoms. The molecule has 0 saturated carbocycles. The van der Waals surface area contributed by atoms with Crippen molar-refractivity contribution in [1.29, 1.82) is 0 Å². The molecule has 12 heteroatoms. The van der Waals surface area contributed by atoms with E-state index in [0.717, 1.165) is 54.1 Å². The minimum absolute atomic E-state index is 0.0654. The molecule has 0 atom stereocenters. The fourth-order valence-corrected chi connectivity index (χ4v) is 5.52. The molecule has 0 unspecified atom stereocenters. The summed E-state index contributed by atoms with van der Waals surface area (Å²) in [6.07, 6.45) is 0. The van der Waals surface area contributed by atoms with Crippen LogP contribution in [0.15, 0.2) is 101 Å². The van der Waals surface area contributed by atoms with Gasteiger partial charge in [0.2, 0.25) is 0 Å². The monoisotopic (exact) mass is 557 g/mol. The number of carbonyl (C=O) groups is 1. The topological polar surface area (TPSA) is 121 Å². The average Bonchev–Trinajstić information content (AvgIpc) is 2.85. The quantitative estimate of drug-likeness (QED) is 0.277. The number of sulfonamides is 2. The minimum atomic E-state index is -4.22. The summed E-state index contributed by atoms with van der Waals surface area (Å²) < 4.78 is 82.6. The molecule has 3 N–H and O–H groups in total. The zero-order valence-corrected chi connectivity index (χ0v) is 21.4.